The summed E-state index contributed by atoms with van der Waals surface area (Å²) in [6, 6.07) is 0. The van der Waals surface area contributed by atoms with Gasteiger partial charge >= 0.3 is 17.2 Å². The molecule has 3 unspecified atom stereocenters. The van der Waals surface area contributed by atoms with E-state index >= 15 is 0 Å². The number of esters is 2. The minimum atomic E-state index is -6.23. The van der Waals surface area contributed by atoms with Crippen molar-refractivity contribution in [2.24, 2.45) is 46.3 Å². The van der Waals surface area contributed by atoms with E-state index in [1.807, 2.05) is 6.92 Å². The van der Waals surface area contributed by atoms with Gasteiger partial charge in [-0.05, 0) is 97.7 Å². The molecular weight excluding hydrogens is 566 g/mol. The quantitative estimate of drug-likeness (QED) is 0.201. The number of alkyl halides is 2. The Morgan fingerprint density at radius 3 is 2.34 bits per heavy atom. The summed E-state index contributed by atoms with van der Waals surface area (Å²) in [5.74, 6) is -2.39. The molecule has 4 fully saturated rings. The van der Waals surface area contributed by atoms with Gasteiger partial charge in [0.05, 0.1) is 18.3 Å². The van der Waals surface area contributed by atoms with Gasteiger partial charge in [-0.25, -0.2) is 13.2 Å². The van der Waals surface area contributed by atoms with Gasteiger partial charge in [0.25, 0.3) is 0 Å². The van der Waals surface area contributed by atoms with Crippen LogP contribution in [0.15, 0.2) is 0 Å². The molecule has 236 valence electrons. The minimum Gasteiger partial charge on any atom is -0.743 e. The zero-order chi connectivity index (χ0) is 30.5. The van der Waals surface area contributed by atoms with Crippen molar-refractivity contribution in [2.45, 2.75) is 102 Å². The molecule has 4 aliphatic carbocycles. The normalized spacial score (nSPS) is 41.5. The Morgan fingerprint density at radius 1 is 1.02 bits per heavy atom. The van der Waals surface area contributed by atoms with Crippen LogP contribution in [-0.2, 0) is 29.2 Å². The van der Waals surface area contributed by atoms with E-state index < -0.39 is 58.1 Å². The average molecular weight is 610 g/mol. The molecular formula is C28H43F2O10S-. The maximum absolute atomic E-state index is 13.1. The Bertz CT molecular complexity index is 1100. The van der Waals surface area contributed by atoms with E-state index in [-0.39, 0.29) is 53.4 Å². The lowest BCUT2D eigenvalue weighted by Gasteiger charge is -2.63. The molecule has 0 aliphatic heterocycles. The van der Waals surface area contributed by atoms with Gasteiger partial charge in [0, 0.05) is 6.42 Å². The van der Waals surface area contributed by atoms with Crippen LogP contribution in [0.25, 0.3) is 0 Å². The third-order valence-corrected chi connectivity index (χ3v) is 12.3. The summed E-state index contributed by atoms with van der Waals surface area (Å²) in [6.45, 7) is 5.01. The third-order valence-electron chi connectivity index (χ3n) is 11.5. The third kappa shape index (κ3) is 5.77. The first-order valence-electron chi connectivity index (χ1n) is 14.6. The molecule has 0 aromatic heterocycles. The second-order valence-electron chi connectivity index (χ2n) is 13.4. The average Bonchev–Trinajstić information content (AvgIpc) is 3.24. The van der Waals surface area contributed by atoms with E-state index in [0.29, 0.717) is 25.7 Å². The van der Waals surface area contributed by atoms with Crippen LogP contribution in [0.5, 0.6) is 0 Å². The van der Waals surface area contributed by atoms with Crippen LogP contribution in [0, 0.1) is 46.3 Å². The van der Waals surface area contributed by atoms with Crippen molar-refractivity contribution in [3.63, 3.8) is 0 Å². The van der Waals surface area contributed by atoms with Crippen molar-refractivity contribution in [2.75, 3.05) is 13.2 Å². The number of rotatable bonds is 9. The molecule has 4 aliphatic rings. The van der Waals surface area contributed by atoms with Crippen LogP contribution in [-0.4, -0.2) is 77.0 Å². The number of ether oxygens (including phenoxy) is 2. The Balaban J connectivity index is 1.31. The van der Waals surface area contributed by atoms with Crippen LogP contribution in [0.2, 0.25) is 0 Å². The molecule has 13 heteroatoms. The molecule has 0 amide bonds. The highest BCUT2D eigenvalue weighted by Crippen LogP contribution is 2.68. The van der Waals surface area contributed by atoms with E-state index in [2.05, 4.69) is 18.6 Å². The van der Waals surface area contributed by atoms with Crippen molar-refractivity contribution < 1.29 is 56.1 Å². The molecule has 10 nitrogen and oxygen atoms in total. The van der Waals surface area contributed by atoms with Gasteiger partial charge < -0.3 is 29.3 Å². The lowest BCUT2D eigenvalue weighted by atomic mass is 9.43. The number of halogens is 2. The molecule has 0 heterocycles. The zero-order valence-electron chi connectivity index (χ0n) is 23.8. The predicted octanol–water partition coefficient (Wildman–Crippen LogP) is 2.59. The summed E-state index contributed by atoms with van der Waals surface area (Å²) < 4.78 is 66.7. The van der Waals surface area contributed by atoms with Crippen LogP contribution < -0.4 is 0 Å². The van der Waals surface area contributed by atoms with Crippen molar-refractivity contribution >= 4 is 22.1 Å². The molecule has 41 heavy (non-hydrogen) atoms. The van der Waals surface area contributed by atoms with Gasteiger partial charge in [-0.2, -0.15) is 8.78 Å². The number of hydrogen-bond acceptors (Lipinski definition) is 10. The summed E-state index contributed by atoms with van der Waals surface area (Å²) in [5.41, 5.74) is -0.448. The van der Waals surface area contributed by atoms with Crippen LogP contribution in [0.1, 0.15) is 78.6 Å². The molecule has 0 spiro atoms. The Labute approximate surface area is 239 Å². The topological polar surface area (TPSA) is 170 Å². The van der Waals surface area contributed by atoms with Crippen molar-refractivity contribution in [1.29, 1.82) is 0 Å². The van der Waals surface area contributed by atoms with Crippen LogP contribution in [0.3, 0.4) is 0 Å². The van der Waals surface area contributed by atoms with E-state index in [9.17, 15) is 46.7 Å². The van der Waals surface area contributed by atoms with Crippen molar-refractivity contribution in [1.82, 2.24) is 0 Å². The highest BCUT2D eigenvalue weighted by Gasteiger charge is 2.65. The molecule has 11 atom stereocenters. The number of aliphatic hydroxyl groups excluding tert-OH is 3. The highest BCUT2D eigenvalue weighted by molar-refractivity contribution is 7.87. The lowest BCUT2D eigenvalue weighted by molar-refractivity contribution is -0.207. The van der Waals surface area contributed by atoms with Crippen molar-refractivity contribution in [3.05, 3.63) is 0 Å². The van der Waals surface area contributed by atoms with Crippen molar-refractivity contribution in [3.8, 4) is 0 Å². The molecule has 4 saturated carbocycles. The van der Waals surface area contributed by atoms with Gasteiger partial charge in [-0.1, -0.05) is 20.8 Å². The smallest absolute Gasteiger partial charge is 0.428 e. The lowest BCUT2D eigenvalue weighted by Crippen LogP contribution is -2.62. The summed E-state index contributed by atoms with van der Waals surface area (Å²) in [5, 5.41) is 28.1. The first-order valence-corrected chi connectivity index (χ1v) is 16.1. The monoisotopic (exact) mass is 609 g/mol. The molecule has 3 N–H and O–H groups in total. The zero-order valence-corrected chi connectivity index (χ0v) is 24.7. The molecule has 0 saturated heterocycles. The number of carbonyl (C=O) groups is 2. The largest absolute Gasteiger partial charge is 0.743 e. The predicted molar refractivity (Wildman–Crippen MR) is 139 cm³/mol. The first-order chi connectivity index (χ1) is 18.9. The fraction of sp³-hybridized carbons (Fsp3) is 0.929. The number of carbonyl (C=O) groups excluding carboxylic acids is 2. The maximum atomic E-state index is 13.1. The van der Waals surface area contributed by atoms with Gasteiger partial charge in [0.15, 0.2) is 10.1 Å². The van der Waals surface area contributed by atoms with Gasteiger partial charge in [-0.3, -0.25) is 4.79 Å². The van der Waals surface area contributed by atoms with Crippen LogP contribution in [0.4, 0.5) is 8.78 Å². The summed E-state index contributed by atoms with van der Waals surface area (Å²) in [4.78, 5) is 23.4. The molecule has 4 rings (SSSR count). The minimum absolute atomic E-state index is 0.00428. The van der Waals surface area contributed by atoms with E-state index in [1.165, 1.54) is 0 Å². The molecule has 0 bridgehead atoms. The fourth-order valence-corrected chi connectivity index (χ4v) is 9.49. The fourth-order valence-electron chi connectivity index (χ4n) is 9.23. The van der Waals surface area contributed by atoms with Crippen LogP contribution >= 0.6 is 0 Å². The molecule has 0 aromatic carbocycles. The van der Waals surface area contributed by atoms with Gasteiger partial charge in [0.1, 0.15) is 13.2 Å². The number of hydrogen-bond donors (Lipinski definition) is 3. The SMILES string of the molecule is C[C@H](CCC(=O)OCCOC(=O)C(F)(F)S(=O)(=O)[O-])[C@H]1CC[C@H]2[C@@H]3C(O)C[C@@H]4CC(O)CC[C@]4(C)[C@H]3CC(O)[C@]12C. The second kappa shape index (κ2) is 11.6. The van der Waals surface area contributed by atoms with E-state index in [1.54, 1.807) is 0 Å². The highest BCUT2D eigenvalue weighted by atomic mass is 32.2. The molecule has 0 aromatic rings. The maximum Gasteiger partial charge on any atom is 0.428 e. The Morgan fingerprint density at radius 2 is 1.68 bits per heavy atom. The Kier molecular flexibility index (Phi) is 9.19. The number of aliphatic hydroxyl groups is 3. The van der Waals surface area contributed by atoms with Gasteiger partial charge in [-0.15, -0.1) is 0 Å². The summed E-state index contributed by atoms with van der Waals surface area (Å²) in [6.07, 6.45) is 4.42. The molecule has 0 radical (unpaired) electrons. The second-order valence-corrected chi connectivity index (χ2v) is 14.8. The first kappa shape index (κ1) is 32.5. The summed E-state index contributed by atoms with van der Waals surface area (Å²) >= 11 is 0. The Hall–Kier alpha value is -1.41. The van der Waals surface area contributed by atoms with E-state index in [0.717, 1.165) is 25.7 Å². The van der Waals surface area contributed by atoms with E-state index in [4.69, 9.17) is 4.74 Å². The summed E-state index contributed by atoms with van der Waals surface area (Å²) in [7, 11) is -6.23. The number of fused-ring (bicyclic) bond motifs is 5. The van der Waals surface area contributed by atoms with Gasteiger partial charge in [0.2, 0.25) is 0 Å². The standard InChI is InChI=1S/C28H44F2O10S/c1-15(4-7-23(34)39-10-11-40-25(35)28(29,30)41(36,37)38)18-5-6-19-24-20(14-22(33)27(18,19)3)26(2)9-8-17(31)12-16(26)13-21(24)32/h15-22,24,31-33H,4-14H2,1-3H3,(H,36,37,38)/p-1/t15-,16+,17?,18-,19+,20+,21?,22?,24+,26+,27-/m1/s1.